The monoisotopic (exact) mass is 402 g/mol. The van der Waals surface area contributed by atoms with Crippen LogP contribution in [0.2, 0.25) is 0 Å². The molecule has 0 spiro atoms. The first-order chi connectivity index (χ1) is 14.2. The van der Waals surface area contributed by atoms with E-state index in [-0.39, 0.29) is 6.10 Å². The molecule has 0 aromatic heterocycles. The number of ether oxygens (including phenoxy) is 3. The minimum absolute atomic E-state index is 0.0534. The summed E-state index contributed by atoms with van der Waals surface area (Å²) in [5.41, 5.74) is 1.48. The minimum atomic E-state index is -0.526. The van der Waals surface area contributed by atoms with Crippen molar-refractivity contribution in [1.29, 1.82) is 0 Å². The van der Waals surface area contributed by atoms with Crippen molar-refractivity contribution in [2.24, 2.45) is 5.92 Å². The zero-order valence-electron chi connectivity index (χ0n) is 18.1. The highest BCUT2D eigenvalue weighted by Crippen LogP contribution is 2.38. The highest BCUT2D eigenvalue weighted by Gasteiger charge is 2.24. The summed E-state index contributed by atoms with van der Waals surface area (Å²) in [4.78, 5) is 10.9. The third kappa shape index (κ3) is 7.56. The number of carbonyl (C=O) groups excluding carboxylic acids is 1. The molecular formula is C25H38O4. The van der Waals surface area contributed by atoms with E-state index in [1.54, 1.807) is 0 Å². The van der Waals surface area contributed by atoms with Gasteiger partial charge in [0.1, 0.15) is 18.5 Å². The molecule has 2 fully saturated rings. The van der Waals surface area contributed by atoms with Crippen LogP contribution in [0.1, 0.15) is 95.5 Å². The molecular weight excluding hydrogens is 364 g/mol. The standard InChI is InChI=1S/C25H38O4/c1-2-3-5-8-20-10-12-21(13-11-20)22-14-16-23(17-15-22)27-18-7-4-6-9-24-19-28-25(26)29-24/h14-17,20-21,24H,2-13,18-19H2,1H3. The van der Waals surface area contributed by atoms with Crippen molar-refractivity contribution < 1.29 is 19.0 Å². The molecule has 4 heteroatoms. The third-order valence-electron chi connectivity index (χ3n) is 6.50. The molecule has 3 rings (SSSR count). The summed E-state index contributed by atoms with van der Waals surface area (Å²) in [5, 5.41) is 0. The maximum Gasteiger partial charge on any atom is 0.508 e. The molecule has 1 aliphatic carbocycles. The molecule has 2 aliphatic rings. The summed E-state index contributed by atoms with van der Waals surface area (Å²) in [6.07, 6.45) is 14.5. The Morgan fingerprint density at radius 1 is 0.931 bits per heavy atom. The fraction of sp³-hybridized carbons (Fsp3) is 0.720. The van der Waals surface area contributed by atoms with Crippen LogP contribution in [0, 0.1) is 5.92 Å². The normalized spacial score (nSPS) is 24.2. The maximum atomic E-state index is 10.9. The van der Waals surface area contributed by atoms with E-state index in [1.807, 2.05) is 0 Å². The minimum Gasteiger partial charge on any atom is -0.494 e. The van der Waals surface area contributed by atoms with E-state index >= 15 is 0 Å². The smallest absolute Gasteiger partial charge is 0.494 e. The Balaban J connectivity index is 1.27. The van der Waals surface area contributed by atoms with Gasteiger partial charge in [-0.1, -0.05) is 44.7 Å². The maximum absolute atomic E-state index is 10.9. The molecule has 0 amide bonds. The van der Waals surface area contributed by atoms with Gasteiger partial charge in [-0.25, -0.2) is 4.79 Å². The van der Waals surface area contributed by atoms with Gasteiger partial charge in [0.25, 0.3) is 0 Å². The first-order valence-electron chi connectivity index (χ1n) is 11.8. The van der Waals surface area contributed by atoms with Gasteiger partial charge in [0.15, 0.2) is 0 Å². The summed E-state index contributed by atoms with van der Waals surface area (Å²) in [6.45, 7) is 3.43. The van der Waals surface area contributed by atoms with Gasteiger partial charge in [-0.05, 0) is 80.9 Å². The Hall–Kier alpha value is -1.71. The van der Waals surface area contributed by atoms with E-state index < -0.39 is 6.16 Å². The average molecular weight is 403 g/mol. The van der Waals surface area contributed by atoms with Crippen molar-refractivity contribution in [3.8, 4) is 5.75 Å². The van der Waals surface area contributed by atoms with Crippen molar-refractivity contribution in [3.05, 3.63) is 29.8 Å². The predicted octanol–water partition coefficient (Wildman–Crippen LogP) is 7.02. The van der Waals surface area contributed by atoms with Gasteiger partial charge in [-0.2, -0.15) is 0 Å². The molecule has 1 saturated carbocycles. The number of benzene rings is 1. The fourth-order valence-corrected chi connectivity index (χ4v) is 4.65. The van der Waals surface area contributed by atoms with E-state index in [1.165, 1.54) is 56.9 Å². The first-order valence-corrected chi connectivity index (χ1v) is 11.8. The molecule has 1 aromatic rings. The van der Waals surface area contributed by atoms with Crippen LogP contribution < -0.4 is 4.74 Å². The Morgan fingerprint density at radius 2 is 1.69 bits per heavy atom. The summed E-state index contributed by atoms with van der Waals surface area (Å²) < 4.78 is 15.7. The molecule has 1 aromatic carbocycles. The molecule has 29 heavy (non-hydrogen) atoms. The lowest BCUT2D eigenvalue weighted by molar-refractivity contribution is 0.115. The Labute approximate surface area is 176 Å². The van der Waals surface area contributed by atoms with Crippen LogP contribution >= 0.6 is 0 Å². The Morgan fingerprint density at radius 3 is 2.38 bits per heavy atom. The molecule has 162 valence electrons. The lowest BCUT2D eigenvalue weighted by atomic mass is 9.77. The lowest BCUT2D eigenvalue weighted by Crippen LogP contribution is -2.13. The quantitative estimate of drug-likeness (QED) is 0.278. The molecule has 0 N–H and O–H groups in total. The summed E-state index contributed by atoms with van der Waals surface area (Å²) in [6, 6.07) is 8.81. The predicted molar refractivity (Wildman–Crippen MR) is 115 cm³/mol. The Bertz CT molecular complexity index is 589. The topological polar surface area (TPSA) is 44.8 Å². The lowest BCUT2D eigenvalue weighted by Gasteiger charge is -2.29. The van der Waals surface area contributed by atoms with Crippen LogP contribution in [0.3, 0.4) is 0 Å². The van der Waals surface area contributed by atoms with Crippen molar-refractivity contribution in [3.63, 3.8) is 0 Å². The van der Waals surface area contributed by atoms with Crippen LogP contribution in [-0.2, 0) is 9.47 Å². The molecule has 1 aliphatic heterocycles. The second-order valence-corrected chi connectivity index (χ2v) is 8.78. The summed E-state index contributed by atoms with van der Waals surface area (Å²) in [7, 11) is 0. The zero-order valence-corrected chi connectivity index (χ0v) is 18.1. The fourth-order valence-electron chi connectivity index (χ4n) is 4.65. The van der Waals surface area contributed by atoms with Crippen molar-refractivity contribution in [2.75, 3.05) is 13.2 Å². The number of hydrogen-bond donors (Lipinski definition) is 0. The van der Waals surface area contributed by atoms with E-state index in [4.69, 9.17) is 14.2 Å². The summed E-state index contributed by atoms with van der Waals surface area (Å²) in [5.74, 6) is 2.67. The number of cyclic esters (lactones) is 2. The van der Waals surface area contributed by atoms with Crippen LogP contribution in [-0.4, -0.2) is 25.5 Å². The third-order valence-corrected chi connectivity index (χ3v) is 6.50. The molecule has 1 unspecified atom stereocenters. The number of hydrogen-bond acceptors (Lipinski definition) is 4. The van der Waals surface area contributed by atoms with Gasteiger partial charge in [-0.15, -0.1) is 0 Å². The van der Waals surface area contributed by atoms with E-state index in [9.17, 15) is 4.79 Å². The van der Waals surface area contributed by atoms with Gasteiger partial charge >= 0.3 is 6.16 Å². The van der Waals surface area contributed by atoms with Gasteiger partial charge in [0.05, 0.1) is 6.61 Å². The van der Waals surface area contributed by atoms with E-state index in [0.29, 0.717) is 6.61 Å². The highest BCUT2D eigenvalue weighted by atomic mass is 16.8. The molecule has 0 radical (unpaired) electrons. The van der Waals surface area contributed by atoms with Crippen molar-refractivity contribution >= 4 is 6.16 Å². The number of unbranched alkanes of at least 4 members (excludes halogenated alkanes) is 4. The molecule has 1 heterocycles. The zero-order chi connectivity index (χ0) is 20.3. The molecule has 0 bridgehead atoms. The van der Waals surface area contributed by atoms with Crippen molar-refractivity contribution in [2.45, 2.75) is 96.0 Å². The van der Waals surface area contributed by atoms with Crippen LogP contribution in [0.15, 0.2) is 24.3 Å². The molecule has 4 nitrogen and oxygen atoms in total. The second kappa shape index (κ2) is 12.1. The average Bonchev–Trinajstić information content (AvgIpc) is 3.17. The molecule has 1 atom stereocenters. The van der Waals surface area contributed by atoms with Crippen LogP contribution in [0.4, 0.5) is 4.79 Å². The van der Waals surface area contributed by atoms with Crippen LogP contribution in [0.5, 0.6) is 5.75 Å². The SMILES string of the molecule is CCCCCC1CCC(c2ccc(OCCCCCC3COC(=O)O3)cc2)CC1. The van der Waals surface area contributed by atoms with Gasteiger partial charge in [0, 0.05) is 0 Å². The number of rotatable bonds is 12. The van der Waals surface area contributed by atoms with Gasteiger partial charge in [-0.3, -0.25) is 0 Å². The Kier molecular flexibility index (Phi) is 9.17. The highest BCUT2D eigenvalue weighted by molar-refractivity contribution is 5.61. The number of carbonyl (C=O) groups is 1. The van der Waals surface area contributed by atoms with Gasteiger partial charge in [0.2, 0.25) is 0 Å². The van der Waals surface area contributed by atoms with Crippen LogP contribution in [0.25, 0.3) is 0 Å². The van der Waals surface area contributed by atoms with Crippen molar-refractivity contribution in [1.82, 2.24) is 0 Å². The van der Waals surface area contributed by atoms with E-state index in [0.717, 1.165) is 49.9 Å². The van der Waals surface area contributed by atoms with E-state index in [2.05, 4.69) is 31.2 Å². The molecule has 1 saturated heterocycles. The largest absolute Gasteiger partial charge is 0.508 e. The first kappa shape index (κ1) is 22.0. The van der Waals surface area contributed by atoms with Gasteiger partial charge < -0.3 is 14.2 Å². The summed E-state index contributed by atoms with van der Waals surface area (Å²) >= 11 is 0. The second-order valence-electron chi connectivity index (χ2n) is 8.78.